The van der Waals surface area contributed by atoms with Gasteiger partial charge in [0.15, 0.2) is 5.17 Å². The molecule has 1 aromatic carbocycles. The van der Waals surface area contributed by atoms with E-state index in [1.165, 1.54) is 17.3 Å². The number of amides is 1. The van der Waals surface area contributed by atoms with Crippen molar-refractivity contribution in [3.8, 4) is 0 Å². The molecule has 1 atom stereocenters. The van der Waals surface area contributed by atoms with Crippen molar-refractivity contribution >= 4 is 22.8 Å². The highest BCUT2D eigenvalue weighted by atomic mass is 32.2. The van der Waals surface area contributed by atoms with Gasteiger partial charge in [-0.15, -0.1) is 0 Å². The Bertz CT molecular complexity index is 425. The highest BCUT2D eigenvalue weighted by Gasteiger charge is 2.30. The number of rotatable bonds is 2. The normalized spacial score (nSPS) is 20.3. The third-order valence-corrected chi connectivity index (χ3v) is 3.68. The Morgan fingerprint density at radius 3 is 2.38 bits per heavy atom. The van der Waals surface area contributed by atoms with Crippen molar-refractivity contribution in [1.82, 2.24) is 5.32 Å². The first kappa shape index (κ1) is 11.2. The summed E-state index contributed by atoms with van der Waals surface area (Å²) in [7, 11) is 0. The number of benzene rings is 1. The predicted molar refractivity (Wildman–Crippen MR) is 66.7 cm³/mol. The minimum Gasteiger partial charge on any atom is -0.304 e. The summed E-state index contributed by atoms with van der Waals surface area (Å²) in [5.41, 5.74) is 2.23. The molecule has 2 rings (SSSR count). The molecule has 1 heterocycles. The third-order valence-electron chi connectivity index (χ3n) is 2.62. The van der Waals surface area contributed by atoms with E-state index in [9.17, 15) is 4.79 Å². The topological polar surface area (TPSA) is 53.0 Å². The average molecular weight is 234 g/mol. The standard InChI is InChI=1S/C12H14N2OS/c1-7(2)8-3-5-9(6-4-8)10-11(15)14-12(13)16-10/h3-7,10H,1-2H3,(H2,13,14,15). The quantitative estimate of drug-likeness (QED) is 0.826. The monoisotopic (exact) mass is 234 g/mol. The lowest BCUT2D eigenvalue weighted by Crippen LogP contribution is -2.20. The van der Waals surface area contributed by atoms with E-state index in [2.05, 4.69) is 31.3 Å². The van der Waals surface area contributed by atoms with Crippen LogP contribution in [0.5, 0.6) is 0 Å². The van der Waals surface area contributed by atoms with Crippen molar-refractivity contribution in [3.05, 3.63) is 35.4 Å². The van der Waals surface area contributed by atoms with E-state index in [0.29, 0.717) is 5.92 Å². The summed E-state index contributed by atoms with van der Waals surface area (Å²) in [4.78, 5) is 11.5. The fourth-order valence-electron chi connectivity index (χ4n) is 1.65. The zero-order valence-corrected chi connectivity index (χ0v) is 10.1. The fraction of sp³-hybridized carbons (Fsp3) is 0.333. The maximum Gasteiger partial charge on any atom is 0.244 e. The van der Waals surface area contributed by atoms with E-state index in [-0.39, 0.29) is 16.3 Å². The van der Waals surface area contributed by atoms with Crippen LogP contribution in [0.2, 0.25) is 0 Å². The molecule has 1 aromatic rings. The van der Waals surface area contributed by atoms with E-state index in [0.717, 1.165) is 5.56 Å². The first-order valence-corrected chi connectivity index (χ1v) is 6.12. The van der Waals surface area contributed by atoms with Gasteiger partial charge in [0.1, 0.15) is 5.25 Å². The SMILES string of the molecule is CC(C)c1ccc(C2SC(=N)NC2=O)cc1. The van der Waals surface area contributed by atoms with Crippen LogP contribution >= 0.6 is 11.8 Å². The molecule has 84 valence electrons. The molecule has 0 bridgehead atoms. The summed E-state index contributed by atoms with van der Waals surface area (Å²) >= 11 is 1.26. The van der Waals surface area contributed by atoms with Gasteiger partial charge >= 0.3 is 0 Å². The summed E-state index contributed by atoms with van der Waals surface area (Å²) in [6, 6.07) is 8.06. The predicted octanol–water partition coefficient (Wildman–Crippen LogP) is 2.65. The van der Waals surface area contributed by atoms with Gasteiger partial charge in [-0.3, -0.25) is 10.2 Å². The maximum atomic E-state index is 11.5. The molecule has 0 radical (unpaired) electrons. The summed E-state index contributed by atoms with van der Waals surface area (Å²) in [5, 5.41) is 9.89. The number of carbonyl (C=O) groups excluding carboxylic acids is 1. The number of thioether (sulfide) groups is 1. The first-order chi connectivity index (χ1) is 7.58. The molecule has 1 unspecified atom stereocenters. The van der Waals surface area contributed by atoms with Crippen LogP contribution in [-0.2, 0) is 4.79 Å². The average Bonchev–Trinajstić information content (AvgIpc) is 2.58. The highest BCUT2D eigenvalue weighted by molar-refractivity contribution is 8.15. The zero-order valence-electron chi connectivity index (χ0n) is 9.28. The molecule has 0 aliphatic carbocycles. The Balaban J connectivity index is 2.22. The van der Waals surface area contributed by atoms with E-state index in [1.54, 1.807) is 0 Å². The number of hydrogen-bond acceptors (Lipinski definition) is 3. The number of carbonyl (C=O) groups is 1. The molecule has 4 heteroatoms. The molecule has 0 aromatic heterocycles. The van der Waals surface area contributed by atoms with Gasteiger partial charge in [0.25, 0.3) is 0 Å². The fourth-order valence-corrected chi connectivity index (χ4v) is 2.51. The molecule has 1 fully saturated rings. The largest absolute Gasteiger partial charge is 0.304 e. The van der Waals surface area contributed by atoms with Gasteiger partial charge in [0.05, 0.1) is 0 Å². The van der Waals surface area contributed by atoms with Gasteiger partial charge in [0, 0.05) is 0 Å². The summed E-state index contributed by atoms with van der Waals surface area (Å²) < 4.78 is 0. The van der Waals surface area contributed by atoms with Gasteiger partial charge in [0.2, 0.25) is 5.91 Å². The Morgan fingerprint density at radius 1 is 1.31 bits per heavy atom. The van der Waals surface area contributed by atoms with Crippen molar-refractivity contribution in [2.75, 3.05) is 0 Å². The van der Waals surface area contributed by atoms with Gasteiger partial charge in [-0.05, 0) is 17.0 Å². The molecule has 0 saturated carbocycles. The lowest BCUT2D eigenvalue weighted by atomic mass is 10.0. The zero-order chi connectivity index (χ0) is 11.7. The number of nitrogens with one attached hydrogen (secondary N) is 2. The van der Waals surface area contributed by atoms with Gasteiger partial charge in [-0.25, -0.2) is 0 Å². The summed E-state index contributed by atoms with van der Waals surface area (Å²) in [6.07, 6.45) is 0. The lowest BCUT2D eigenvalue weighted by Gasteiger charge is -2.09. The Hall–Kier alpha value is -1.29. The molecule has 1 aliphatic heterocycles. The molecule has 0 spiro atoms. The molecule has 16 heavy (non-hydrogen) atoms. The van der Waals surface area contributed by atoms with Crippen LogP contribution < -0.4 is 5.32 Å². The van der Waals surface area contributed by atoms with Crippen LogP contribution in [0.1, 0.15) is 36.1 Å². The van der Waals surface area contributed by atoms with Gasteiger partial charge < -0.3 is 5.32 Å². The molecule has 3 nitrogen and oxygen atoms in total. The second-order valence-corrected chi connectivity index (χ2v) is 5.25. The molecular weight excluding hydrogens is 220 g/mol. The number of hydrogen-bond donors (Lipinski definition) is 2. The van der Waals surface area contributed by atoms with Crippen molar-refractivity contribution in [2.24, 2.45) is 0 Å². The minimum absolute atomic E-state index is 0.0905. The second-order valence-electron chi connectivity index (χ2n) is 4.14. The van der Waals surface area contributed by atoms with Crippen LogP contribution in [-0.4, -0.2) is 11.1 Å². The van der Waals surface area contributed by atoms with Crippen LogP contribution in [0, 0.1) is 5.41 Å². The van der Waals surface area contributed by atoms with E-state index < -0.39 is 0 Å². The van der Waals surface area contributed by atoms with Crippen LogP contribution in [0.15, 0.2) is 24.3 Å². The Labute approximate surface area is 99.1 Å². The van der Waals surface area contributed by atoms with Crippen molar-refractivity contribution in [2.45, 2.75) is 25.0 Å². The lowest BCUT2D eigenvalue weighted by molar-refractivity contribution is -0.118. The van der Waals surface area contributed by atoms with E-state index in [4.69, 9.17) is 5.41 Å². The number of amidine groups is 1. The van der Waals surface area contributed by atoms with Crippen molar-refractivity contribution in [1.29, 1.82) is 5.41 Å². The summed E-state index contributed by atoms with van der Waals surface area (Å²) in [6.45, 7) is 4.28. The third kappa shape index (κ3) is 2.11. The van der Waals surface area contributed by atoms with Crippen LogP contribution in [0.25, 0.3) is 0 Å². The Morgan fingerprint density at radius 2 is 1.94 bits per heavy atom. The molecule has 2 N–H and O–H groups in total. The molecular formula is C12H14N2OS. The van der Waals surface area contributed by atoms with Crippen molar-refractivity contribution < 1.29 is 4.79 Å². The Kier molecular flexibility index (Phi) is 3.01. The van der Waals surface area contributed by atoms with Crippen molar-refractivity contribution in [3.63, 3.8) is 0 Å². The molecule has 1 aliphatic rings. The second kappa shape index (κ2) is 4.29. The maximum absolute atomic E-state index is 11.5. The first-order valence-electron chi connectivity index (χ1n) is 5.24. The molecule has 1 saturated heterocycles. The minimum atomic E-state index is -0.256. The smallest absolute Gasteiger partial charge is 0.244 e. The molecule has 1 amide bonds. The highest BCUT2D eigenvalue weighted by Crippen LogP contribution is 2.34. The van der Waals surface area contributed by atoms with Crippen LogP contribution in [0.3, 0.4) is 0 Å². The van der Waals surface area contributed by atoms with E-state index in [1.807, 2.05) is 12.1 Å². The summed E-state index contributed by atoms with van der Waals surface area (Å²) in [5.74, 6) is 0.407. The van der Waals surface area contributed by atoms with Gasteiger partial charge in [-0.2, -0.15) is 0 Å². The van der Waals surface area contributed by atoms with Gasteiger partial charge in [-0.1, -0.05) is 49.9 Å². The van der Waals surface area contributed by atoms with Crippen LogP contribution in [0.4, 0.5) is 0 Å². The van der Waals surface area contributed by atoms with E-state index >= 15 is 0 Å².